The minimum Gasteiger partial charge on any atom is -0.463 e. The third-order valence-corrected chi connectivity index (χ3v) is 6.27. The van der Waals surface area contributed by atoms with E-state index in [2.05, 4.69) is 10.6 Å². The van der Waals surface area contributed by atoms with Crippen molar-refractivity contribution >= 4 is 17.8 Å². The van der Waals surface area contributed by atoms with Crippen molar-refractivity contribution in [1.29, 1.82) is 0 Å². The topological polar surface area (TPSA) is 105 Å². The van der Waals surface area contributed by atoms with E-state index in [1.165, 1.54) is 0 Å². The second-order valence-corrected chi connectivity index (χ2v) is 8.92. The first kappa shape index (κ1) is 24.0. The molecule has 1 aliphatic carbocycles. The molecule has 32 heavy (non-hydrogen) atoms. The summed E-state index contributed by atoms with van der Waals surface area (Å²) in [6.07, 6.45) is 9.05. The first-order valence-corrected chi connectivity index (χ1v) is 11.6. The van der Waals surface area contributed by atoms with Crippen LogP contribution in [0.2, 0.25) is 0 Å². The van der Waals surface area contributed by atoms with Gasteiger partial charge in [-0.25, -0.2) is 0 Å². The molecule has 0 bridgehead atoms. The summed E-state index contributed by atoms with van der Waals surface area (Å²) >= 11 is 0. The van der Waals surface area contributed by atoms with Crippen LogP contribution in [0.5, 0.6) is 0 Å². The number of aliphatic hydroxyl groups excluding tert-OH is 1. The molecule has 1 spiro atoms. The van der Waals surface area contributed by atoms with Crippen LogP contribution in [0.1, 0.15) is 56.9 Å². The predicted octanol–water partition coefficient (Wildman–Crippen LogP) is 2.42. The lowest BCUT2D eigenvalue weighted by Crippen LogP contribution is -2.52. The Balaban J connectivity index is 1.64. The number of aliphatic hydroxyl groups is 1. The number of carbonyl (C=O) groups is 3. The van der Waals surface area contributed by atoms with Crippen molar-refractivity contribution in [2.75, 3.05) is 13.2 Å². The monoisotopic (exact) mass is 442 g/mol. The molecule has 7 nitrogen and oxygen atoms in total. The standard InChI is InChI=1S/C25H34N2O5/c28-17-21(15-19-9-3-1-4-10-19)26-22(29)16-20-11-5-2-6-12-23(30)32-18-25(27-24(20)31)13-7-8-14-25/h1-5,9-10,20-21,28H,6-8,11-18H2,(H,26,29)(H,27,31). The second-order valence-electron chi connectivity index (χ2n) is 8.92. The van der Waals surface area contributed by atoms with E-state index in [9.17, 15) is 19.5 Å². The van der Waals surface area contributed by atoms with E-state index in [0.717, 1.165) is 31.2 Å². The van der Waals surface area contributed by atoms with Gasteiger partial charge in [0.2, 0.25) is 11.8 Å². The fraction of sp³-hybridized carbons (Fsp3) is 0.560. The van der Waals surface area contributed by atoms with E-state index in [-0.39, 0.29) is 37.4 Å². The highest BCUT2D eigenvalue weighted by molar-refractivity contribution is 5.86. The molecular formula is C25H34N2O5. The van der Waals surface area contributed by atoms with Crippen LogP contribution in [0.3, 0.4) is 0 Å². The van der Waals surface area contributed by atoms with Gasteiger partial charge >= 0.3 is 5.97 Å². The SMILES string of the molecule is O=C(CC1CC=CCCC(=O)OCC2(CCCC2)NC1=O)NC(CO)Cc1ccccc1. The quantitative estimate of drug-likeness (QED) is 0.464. The fourth-order valence-electron chi connectivity index (χ4n) is 4.44. The minimum absolute atomic E-state index is 0.0390. The van der Waals surface area contributed by atoms with E-state index >= 15 is 0 Å². The van der Waals surface area contributed by atoms with Crippen LogP contribution in [0.15, 0.2) is 42.5 Å². The lowest BCUT2D eigenvalue weighted by molar-refractivity contribution is -0.147. The van der Waals surface area contributed by atoms with E-state index < -0.39 is 17.5 Å². The Bertz CT molecular complexity index is 802. The summed E-state index contributed by atoms with van der Waals surface area (Å²) in [6, 6.07) is 9.26. The van der Waals surface area contributed by atoms with Crippen molar-refractivity contribution in [2.24, 2.45) is 5.92 Å². The average molecular weight is 443 g/mol. The van der Waals surface area contributed by atoms with Crippen LogP contribution in [0, 0.1) is 5.92 Å². The van der Waals surface area contributed by atoms with E-state index in [4.69, 9.17) is 4.74 Å². The molecule has 0 saturated heterocycles. The van der Waals surface area contributed by atoms with Crippen molar-refractivity contribution in [3.63, 3.8) is 0 Å². The number of ether oxygens (including phenoxy) is 1. The van der Waals surface area contributed by atoms with Crippen LogP contribution < -0.4 is 10.6 Å². The molecule has 0 aromatic heterocycles. The first-order chi connectivity index (χ1) is 15.5. The molecule has 1 saturated carbocycles. The normalized spacial score (nSPS) is 22.3. The van der Waals surface area contributed by atoms with Gasteiger partial charge in [-0.05, 0) is 37.7 Å². The van der Waals surface area contributed by atoms with Crippen LogP contribution in [-0.4, -0.2) is 47.7 Å². The Morgan fingerprint density at radius 3 is 2.66 bits per heavy atom. The Kier molecular flexibility index (Phi) is 8.85. The number of hydrogen-bond acceptors (Lipinski definition) is 5. The molecule has 2 aliphatic rings. The molecule has 2 amide bonds. The number of amides is 2. The van der Waals surface area contributed by atoms with Crippen LogP contribution >= 0.6 is 0 Å². The number of allylic oxidation sites excluding steroid dienone is 2. The van der Waals surface area contributed by atoms with Crippen LogP contribution in [0.25, 0.3) is 0 Å². The van der Waals surface area contributed by atoms with Crippen molar-refractivity contribution in [3.8, 4) is 0 Å². The van der Waals surface area contributed by atoms with E-state index in [1.807, 2.05) is 42.5 Å². The molecule has 7 heteroatoms. The highest BCUT2D eigenvalue weighted by atomic mass is 16.5. The summed E-state index contributed by atoms with van der Waals surface area (Å²) in [6.45, 7) is 0.00967. The lowest BCUT2D eigenvalue weighted by atomic mass is 9.93. The van der Waals surface area contributed by atoms with Crippen molar-refractivity contribution < 1.29 is 24.2 Å². The molecule has 1 aliphatic heterocycles. The summed E-state index contributed by atoms with van der Waals surface area (Å²) < 4.78 is 5.45. The van der Waals surface area contributed by atoms with Crippen molar-refractivity contribution in [2.45, 2.75) is 69.4 Å². The highest BCUT2D eigenvalue weighted by Gasteiger charge is 2.38. The maximum atomic E-state index is 13.1. The maximum absolute atomic E-state index is 13.1. The molecule has 1 fully saturated rings. The number of nitrogens with one attached hydrogen (secondary N) is 2. The van der Waals surface area contributed by atoms with Crippen LogP contribution in [0.4, 0.5) is 0 Å². The Hall–Kier alpha value is -2.67. The van der Waals surface area contributed by atoms with Gasteiger partial charge in [0.25, 0.3) is 0 Å². The van der Waals surface area contributed by atoms with Gasteiger partial charge in [-0.3, -0.25) is 14.4 Å². The molecule has 3 N–H and O–H groups in total. The molecule has 2 atom stereocenters. The van der Waals surface area contributed by atoms with Gasteiger partial charge in [0.15, 0.2) is 0 Å². The molecular weight excluding hydrogens is 408 g/mol. The Morgan fingerprint density at radius 1 is 1.19 bits per heavy atom. The second kappa shape index (κ2) is 11.8. The largest absolute Gasteiger partial charge is 0.463 e. The van der Waals surface area contributed by atoms with Gasteiger partial charge < -0.3 is 20.5 Å². The third kappa shape index (κ3) is 7.19. The fourth-order valence-corrected chi connectivity index (χ4v) is 4.44. The summed E-state index contributed by atoms with van der Waals surface area (Å²) in [5.74, 6) is -1.21. The molecule has 1 aromatic rings. The number of cyclic esters (lactones) is 1. The molecule has 3 rings (SSSR count). The van der Waals surface area contributed by atoms with Gasteiger partial charge in [-0.1, -0.05) is 55.3 Å². The molecule has 174 valence electrons. The van der Waals surface area contributed by atoms with Crippen molar-refractivity contribution in [1.82, 2.24) is 10.6 Å². The summed E-state index contributed by atoms with van der Waals surface area (Å²) in [5, 5.41) is 15.7. The predicted molar refractivity (Wildman–Crippen MR) is 121 cm³/mol. The number of rotatable bonds is 6. The third-order valence-electron chi connectivity index (χ3n) is 6.27. The Labute approximate surface area is 189 Å². The van der Waals surface area contributed by atoms with Gasteiger partial charge in [0, 0.05) is 12.8 Å². The zero-order valence-electron chi connectivity index (χ0n) is 18.6. The minimum atomic E-state index is -0.536. The van der Waals surface area contributed by atoms with Gasteiger partial charge in [-0.2, -0.15) is 0 Å². The lowest BCUT2D eigenvalue weighted by Gasteiger charge is -2.32. The average Bonchev–Trinajstić information content (AvgIpc) is 3.24. The number of hydrogen-bond donors (Lipinski definition) is 3. The molecule has 1 heterocycles. The number of carbonyl (C=O) groups excluding carboxylic acids is 3. The summed E-state index contributed by atoms with van der Waals surface area (Å²) in [5.41, 5.74) is 0.488. The van der Waals surface area contributed by atoms with E-state index in [0.29, 0.717) is 25.7 Å². The van der Waals surface area contributed by atoms with Gasteiger partial charge in [0.1, 0.15) is 6.61 Å². The number of esters is 1. The van der Waals surface area contributed by atoms with E-state index in [1.54, 1.807) is 0 Å². The smallest absolute Gasteiger partial charge is 0.306 e. The van der Waals surface area contributed by atoms with Crippen LogP contribution in [-0.2, 0) is 25.5 Å². The molecule has 1 aromatic carbocycles. The maximum Gasteiger partial charge on any atom is 0.306 e. The molecule has 0 radical (unpaired) electrons. The first-order valence-electron chi connectivity index (χ1n) is 11.6. The highest BCUT2D eigenvalue weighted by Crippen LogP contribution is 2.31. The van der Waals surface area contributed by atoms with Gasteiger partial charge in [0.05, 0.1) is 24.1 Å². The zero-order chi connectivity index (χ0) is 22.8. The summed E-state index contributed by atoms with van der Waals surface area (Å²) in [7, 11) is 0. The summed E-state index contributed by atoms with van der Waals surface area (Å²) in [4.78, 5) is 37.8. The Morgan fingerprint density at radius 2 is 1.94 bits per heavy atom. The molecule has 2 unspecified atom stereocenters. The zero-order valence-corrected chi connectivity index (χ0v) is 18.6. The van der Waals surface area contributed by atoms with Crippen molar-refractivity contribution in [3.05, 3.63) is 48.0 Å². The number of benzene rings is 1. The van der Waals surface area contributed by atoms with Gasteiger partial charge in [-0.15, -0.1) is 0 Å².